The molecule has 0 spiro atoms. The van der Waals surface area contributed by atoms with Gasteiger partial charge in [0.15, 0.2) is 15.7 Å². The van der Waals surface area contributed by atoms with Crippen molar-refractivity contribution in [2.45, 2.75) is 38.1 Å². The van der Waals surface area contributed by atoms with Crippen LogP contribution >= 0.6 is 0 Å². The average molecular weight is 258 g/mol. The highest BCUT2D eigenvalue weighted by Crippen LogP contribution is 2.27. The number of oxazole rings is 1. The zero-order valence-electron chi connectivity index (χ0n) is 9.93. The highest BCUT2D eigenvalue weighted by atomic mass is 32.2. The first-order valence-corrected chi connectivity index (χ1v) is 7.69. The molecule has 6 heteroatoms. The van der Waals surface area contributed by atoms with Crippen molar-refractivity contribution >= 4 is 9.84 Å². The van der Waals surface area contributed by atoms with Gasteiger partial charge >= 0.3 is 0 Å². The van der Waals surface area contributed by atoms with Crippen LogP contribution in [0.25, 0.3) is 0 Å². The number of rotatable bonds is 3. The van der Waals surface area contributed by atoms with E-state index >= 15 is 0 Å². The molecule has 2 rings (SSSR count). The quantitative estimate of drug-likeness (QED) is 0.868. The SMILES string of the molecule is CC(N)Cc1coc(C2CCCS(=O)(=O)C2)n1. The summed E-state index contributed by atoms with van der Waals surface area (Å²) in [5.74, 6) is 0.904. The third-order valence-corrected chi connectivity index (χ3v) is 4.73. The maximum absolute atomic E-state index is 11.5. The van der Waals surface area contributed by atoms with Gasteiger partial charge in [-0.05, 0) is 19.8 Å². The molecule has 0 aromatic carbocycles. The fraction of sp³-hybridized carbons (Fsp3) is 0.727. The third-order valence-electron chi connectivity index (χ3n) is 2.91. The maximum Gasteiger partial charge on any atom is 0.198 e. The molecule has 17 heavy (non-hydrogen) atoms. The van der Waals surface area contributed by atoms with Gasteiger partial charge in [0.25, 0.3) is 0 Å². The number of nitrogens with zero attached hydrogens (tertiary/aromatic N) is 1. The van der Waals surface area contributed by atoms with Crippen LogP contribution in [0, 0.1) is 0 Å². The largest absolute Gasteiger partial charge is 0.448 e. The number of hydrogen-bond donors (Lipinski definition) is 1. The predicted molar refractivity (Wildman–Crippen MR) is 64.5 cm³/mol. The van der Waals surface area contributed by atoms with Gasteiger partial charge in [0, 0.05) is 18.4 Å². The highest BCUT2D eigenvalue weighted by Gasteiger charge is 2.29. The standard InChI is InChI=1S/C11H18N2O3S/c1-8(12)5-10-6-16-11(13-10)9-3-2-4-17(14,15)7-9/h6,8-9H,2-5,7,12H2,1H3. The highest BCUT2D eigenvalue weighted by molar-refractivity contribution is 7.91. The van der Waals surface area contributed by atoms with E-state index in [4.69, 9.17) is 10.2 Å². The molecular weight excluding hydrogens is 240 g/mol. The van der Waals surface area contributed by atoms with Crippen molar-refractivity contribution in [3.63, 3.8) is 0 Å². The molecule has 1 aromatic rings. The summed E-state index contributed by atoms with van der Waals surface area (Å²) in [7, 11) is -2.92. The lowest BCUT2D eigenvalue weighted by molar-refractivity contribution is 0.434. The molecule has 5 nitrogen and oxygen atoms in total. The van der Waals surface area contributed by atoms with E-state index in [0.717, 1.165) is 12.1 Å². The minimum atomic E-state index is -2.92. The second-order valence-corrected chi connectivity index (χ2v) is 7.04. The Morgan fingerprint density at radius 3 is 3.06 bits per heavy atom. The molecule has 1 aromatic heterocycles. The normalized spacial score (nSPS) is 25.6. The van der Waals surface area contributed by atoms with E-state index in [-0.39, 0.29) is 23.5 Å². The fourth-order valence-corrected chi connectivity index (χ4v) is 3.85. The van der Waals surface area contributed by atoms with Crippen LogP contribution in [0.5, 0.6) is 0 Å². The molecule has 0 bridgehead atoms. The van der Waals surface area contributed by atoms with Crippen LogP contribution in [0.1, 0.15) is 37.3 Å². The minimum absolute atomic E-state index is 0.0306. The second kappa shape index (κ2) is 4.78. The Balaban J connectivity index is 2.09. The van der Waals surface area contributed by atoms with E-state index in [1.165, 1.54) is 0 Å². The van der Waals surface area contributed by atoms with Crippen molar-refractivity contribution in [3.8, 4) is 0 Å². The fourth-order valence-electron chi connectivity index (χ4n) is 2.15. The Morgan fingerprint density at radius 2 is 2.41 bits per heavy atom. The van der Waals surface area contributed by atoms with Crippen molar-refractivity contribution in [2.24, 2.45) is 5.73 Å². The molecule has 96 valence electrons. The smallest absolute Gasteiger partial charge is 0.198 e. The van der Waals surface area contributed by atoms with Gasteiger partial charge in [0.1, 0.15) is 6.26 Å². The lowest BCUT2D eigenvalue weighted by atomic mass is 10.1. The van der Waals surface area contributed by atoms with Gasteiger partial charge in [-0.25, -0.2) is 13.4 Å². The average Bonchev–Trinajstić information content (AvgIpc) is 2.63. The van der Waals surface area contributed by atoms with Crippen LogP contribution < -0.4 is 5.73 Å². The van der Waals surface area contributed by atoms with E-state index in [1.807, 2.05) is 6.92 Å². The van der Waals surface area contributed by atoms with E-state index in [2.05, 4.69) is 4.98 Å². The summed E-state index contributed by atoms with van der Waals surface area (Å²) in [5.41, 5.74) is 6.48. The lowest BCUT2D eigenvalue weighted by Gasteiger charge is -2.18. The third kappa shape index (κ3) is 3.29. The van der Waals surface area contributed by atoms with Crippen LogP contribution in [-0.4, -0.2) is 30.9 Å². The van der Waals surface area contributed by atoms with Crippen molar-refractivity contribution in [2.75, 3.05) is 11.5 Å². The van der Waals surface area contributed by atoms with Gasteiger partial charge in [-0.15, -0.1) is 0 Å². The molecule has 0 radical (unpaired) electrons. The van der Waals surface area contributed by atoms with Gasteiger partial charge in [-0.2, -0.15) is 0 Å². The molecule has 2 unspecified atom stereocenters. The van der Waals surface area contributed by atoms with E-state index in [1.54, 1.807) is 6.26 Å². The van der Waals surface area contributed by atoms with E-state index < -0.39 is 9.84 Å². The van der Waals surface area contributed by atoms with Gasteiger partial charge in [0.2, 0.25) is 0 Å². The first kappa shape index (κ1) is 12.6. The molecular formula is C11H18N2O3S. The van der Waals surface area contributed by atoms with Gasteiger partial charge in [-0.1, -0.05) is 0 Å². The Labute approximate surface area is 101 Å². The Bertz CT molecular complexity index is 479. The topological polar surface area (TPSA) is 86.2 Å². The Kier molecular flexibility index (Phi) is 3.53. The van der Waals surface area contributed by atoms with Crippen LogP contribution in [0.2, 0.25) is 0 Å². The summed E-state index contributed by atoms with van der Waals surface area (Å²) in [5, 5.41) is 0. The zero-order chi connectivity index (χ0) is 12.5. The summed E-state index contributed by atoms with van der Waals surface area (Å²) in [4.78, 5) is 4.33. The minimum Gasteiger partial charge on any atom is -0.448 e. The summed E-state index contributed by atoms with van der Waals surface area (Å²) >= 11 is 0. The molecule has 0 aliphatic carbocycles. The van der Waals surface area contributed by atoms with Crippen LogP contribution in [-0.2, 0) is 16.3 Å². The molecule has 0 amide bonds. The Morgan fingerprint density at radius 1 is 1.65 bits per heavy atom. The van der Waals surface area contributed by atoms with E-state index in [0.29, 0.717) is 18.7 Å². The van der Waals surface area contributed by atoms with Gasteiger partial charge < -0.3 is 10.2 Å². The molecule has 1 fully saturated rings. The van der Waals surface area contributed by atoms with Crippen LogP contribution in [0.15, 0.2) is 10.7 Å². The summed E-state index contributed by atoms with van der Waals surface area (Å²) in [6.07, 6.45) is 3.76. The lowest BCUT2D eigenvalue weighted by Crippen LogP contribution is -2.24. The molecule has 2 atom stereocenters. The molecule has 1 aliphatic heterocycles. The first-order valence-electron chi connectivity index (χ1n) is 5.86. The molecule has 2 N–H and O–H groups in total. The molecule has 0 saturated carbocycles. The zero-order valence-corrected chi connectivity index (χ0v) is 10.7. The van der Waals surface area contributed by atoms with Crippen molar-refractivity contribution in [3.05, 3.63) is 17.8 Å². The first-order chi connectivity index (χ1) is 7.96. The summed E-state index contributed by atoms with van der Waals surface area (Å²) < 4.78 is 28.4. The molecule has 1 saturated heterocycles. The van der Waals surface area contributed by atoms with Gasteiger partial charge in [-0.3, -0.25) is 0 Å². The number of aromatic nitrogens is 1. The summed E-state index contributed by atoms with van der Waals surface area (Å²) in [6.45, 7) is 1.90. The van der Waals surface area contributed by atoms with Crippen molar-refractivity contribution in [1.29, 1.82) is 0 Å². The maximum atomic E-state index is 11.5. The van der Waals surface area contributed by atoms with E-state index in [9.17, 15) is 8.42 Å². The predicted octanol–water partition coefficient (Wildman–Crippen LogP) is 0.857. The monoisotopic (exact) mass is 258 g/mol. The van der Waals surface area contributed by atoms with Crippen LogP contribution in [0.3, 0.4) is 0 Å². The number of hydrogen-bond acceptors (Lipinski definition) is 5. The van der Waals surface area contributed by atoms with Gasteiger partial charge in [0.05, 0.1) is 17.2 Å². The summed E-state index contributed by atoms with van der Waals surface area (Å²) in [6, 6.07) is 0.0306. The molecule has 2 heterocycles. The Hall–Kier alpha value is -0.880. The molecule has 1 aliphatic rings. The number of sulfone groups is 1. The van der Waals surface area contributed by atoms with Crippen molar-refractivity contribution in [1.82, 2.24) is 4.98 Å². The van der Waals surface area contributed by atoms with Crippen molar-refractivity contribution < 1.29 is 12.8 Å². The van der Waals surface area contributed by atoms with Crippen LogP contribution in [0.4, 0.5) is 0 Å². The second-order valence-electron chi connectivity index (χ2n) is 4.81. The number of nitrogens with two attached hydrogens (primary N) is 1.